The first-order chi connectivity index (χ1) is 15.2. The number of carbonyl (C=O) groups is 2. The van der Waals surface area contributed by atoms with E-state index in [0.29, 0.717) is 5.56 Å². The van der Waals surface area contributed by atoms with Crippen LogP contribution in [0.25, 0.3) is 10.9 Å². The van der Waals surface area contributed by atoms with E-state index in [0.717, 1.165) is 48.6 Å². The number of rotatable bonds is 3. The fourth-order valence-corrected chi connectivity index (χ4v) is 4.87. The van der Waals surface area contributed by atoms with Crippen molar-refractivity contribution < 1.29 is 14.3 Å². The maximum atomic E-state index is 13.7. The van der Waals surface area contributed by atoms with Crippen LogP contribution in [-0.4, -0.2) is 50.3 Å². The molecular formula is C24H31N5O3. The molecule has 0 saturated heterocycles. The van der Waals surface area contributed by atoms with Crippen LogP contribution in [0.4, 0.5) is 4.79 Å². The van der Waals surface area contributed by atoms with E-state index in [1.54, 1.807) is 10.9 Å². The summed E-state index contributed by atoms with van der Waals surface area (Å²) < 4.78 is 7.05. The van der Waals surface area contributed by atoms with E-state index in [2.05, 4.69) is 10.3 Å². The normalized spacial score (nSPS) is 23.1. The van der Waals surface area contributed by atoms with Gasteiger partial charge in [0.25, 0.3) is 5.91 Å². The van der Waals surface area contributed by atoms with Gasteiger partial charge in [-0.2, -0.15) is 0 Å². The van der Waals surface area contributed by atoms with Crippen LogP contribution in [0, 0.1) is 0 Å². The van der Waals surface area contributed by atoms with Crippen molar-refractivity contribution in [3.05, 3.63) is 47.8 Å². The van der Waals surface area contributed by atoms with Crippen LogP contribution in [0.3, 0.4) is 0 Å². The molecule has 8 nitrogen and oxygen atoms in total. The van der Waals surface area contributed by atoms with Gasteiger partial charge in [-0.05, 0) is 76.6 Å². The zero-order valence-corrected chi connectivity index (χ0v) is 18.9. The second-order valence-electron chi connectivity index (χ2n) is 10.1. The Balaban J connectivity index is 1.37. The van der Waals surface area contributed by atoms with Gasteiger partial charge in [-0.15, -0.1) is 0 Å². The largest absolute Gasteiger partial charge is 0.442 e. The van der Waals surface area contributed by atoms with E-state index in [1.807, 2.05) is 51.2 Å². The monoisotopic (exact) mass is 437 g/mol. The highest BCUT2D eigenvalue weighted by Crippen LogP contribution is 2.38. The minimum absolute atomic E-state index is 0.0725. The molecule has 2 aromatic rings. The molecule has 1 aliphatic heterocycles. The Morgan fingerprint density at radius 2 is 1.88 bits per heavy atom. The van der Waals surface area contributed by atoms with Crippen LogP contribution < -0.4 is 11.3 Å². The Kier molecular flexibility index (Phi) is 4.93. The molecule has 2 unspecified atom stereocenters. The molecule has 2 amide bonds. The minimum atomic E-state index is -0.549. The zero-order chi connectivity index (χ0) is 22.6. The number of carbonyl (C=O) groups excluding carboxylic acids is 2. The van der Waals surface area contributed by atoms with Crippen molar-refractivity contribution >= 4 is 22.9 Å². The molecular weight excluding hydrogens is 406 g/mol. The summed E-state index contributed by atoms with van der Waals surface area (Å²) in [6.45, 7) is 5.57. The van der Waals surface area contributed by atoms with Crippen LogP contribution in [0.15, 0.2) is 42.2 Å². The molecule has 5 rings (SSSR count). The lowest BCUT2D eigenvalue weighted by Crippen LogP contribution is -2.47. The van der Waals surface area contributed by atoms with E-state index < -0.39 is 11.7 Å². The Labute approximate surface area is 187 Å². The molecule has 2 atom stereocenters. The van der Waals surface area contributed by atoms with Crippen molar-refractivity contribution in [3.63, 3.8) is 0 Å². The van der Waals surface area contributed by atoms with Crippen LogP contribution in [0.1, 0.15) is 63.2 Å². The Morgan fingerprint density at radius 1 is 1.12 bits per heavy atom. The standard InChI is InChI=1S/C24H31N5O3/c1-24(2,3)32-23(31)28-14-15-13-17(9-10-20(15)26-28)29(16-7-8-16)22(30)19-5-4-6-21-18(19)11-12-27(21)25/h4-6,11-12,14,16-17,20,26H,7-10,13,25H2,1-3H3. The molecule has 2 saturated carbocycles. The van der Waals surface area contributed by atoms with E-state index in [1.165, 1.54) is 5.01 Å². The molecule has 2 aliphatic carbocycles. The second kappa shape index (κ2) is 7.55. The third kappa shape index (κ3) is 3.83. The number of nitrogens with one attached hydrogen (secondary N) is 1. The summed E-state index contributed by atoms with van der Waals surface area (Å²) in [5, 5.41) is 2.35. The number of ether oxygens (including phenoxy) is 1. The van der Waals surface area contributed by atoms with Crippen LogP contribution in [0.5, 0.6) is 0 Å². The number of hydrazine groups is 1. The van der Waals surface area contributed by atoms with E-state index in [4.69, 9.17) is 10.6 Å². The first-order valence-corrected chi connectivity index (χ1v) is 11.4. The Morgan fingerprint density at radius 3 is 2.59 bits per heavy atom. The zero-order valence-electron chi connectivity index (χ0n) is 18.9. The number of amides is 2. The first-order valence-electron chi connectivity index (χ1n) is 11.4. The SMILES string of the molecule is CC(C)(C)OC(=O)N1C=C2CC(N(C(=O)c3cccc4c3ccn4N)C3CC3)CCC2N1. The summed E-state index contributed by atoms with van der Waals surface area (Å²) in [7, 11) is 0. The number of hydrogen-bond acceptors (Lipinski definition) is 5. The lowest BCUT2D eigenvalue weighted by Gasteiger charge is -2.37. The average Bonchev–Trinajstić information content (AvgIpc) is 3.35. The molecule has 3 aliphatic rings. The summed E-state index contributed by atoms with van der Waals surface area (Å²) in [5.41, 5.74) is 5.41. The molecule has 0 bridgehead atoms. The molecule has 1 aromatic carbocycles. The van der Waals surface area contributed by atoms with Gasteiger partial charge in [0.05, 0.1) is 5.52 Å². The molecule has 8 heteroatoms. The van der Waals surface area contributed by atoms with E-state index in [-0.39, 0.29) is 24.0 Å². The number of hydrogen-bond donors (Lipinski definition) is 2. The van der Waals surface area contributed by atoms with Crippen molar-refractivity contribution in [2.45, 2.75) is 76.6 Å². The topological polar surface area (TPSA) is 92.8 Å². The summed E-state index contributed by atoms with van der Waals surface area (Å²) in [6, 6.07) is 8.15. The van der Waals surface area contributed by atoms with Gasteiger partial charge in [0, 0.05) is 41.5 Å². The smallest absolute Gasteiger partial charge is 0.429 e. The lowest BCUT2D eigenvalue weighted by molar-refractivity contribution is 0.0254. The number of benzene rings is 1. The van der Waals surface area contributed by atoms with E-state index >= 15 is 0 Å². The van der Waals surface area contributed by atoms with Gasteiger partial charge in [0.2, 0.25) is 0 Å². The van der Waals surface area contributed by atoms with Crippen LogP contribution in [0.2, 0.25) is 0 Å². The fourth-order valence-electron chi connectivity index (χ4n) is 4.87. The maximum Gasteiger partial charge on any atom is 0.429 e. The molecule has 32 heavy (non-hydrogen) atoms. The molecule has 2 heterocycles. The molecule has 1 aromatic heterocycles. The Hall–Kier alpha value is -3.00. The van der Waals surface area contributed by atoms with Crippen molar-refractivity contribution in [3.8, 4) is 0 Å². The van der Waals surface area contributed by atoms with Crippen molar-refractivity contribution in [2.24, 2.45) is 0 Å². The molecule has 3 N–H and O–H groups in total. The van der Waals surface area contributed by atoms with Gasteiger partial charge in [0.1, 0.15) is 5.60 Å². The van der Waals surface area contributed by atoms with E-state index in [9.17, 15) is 9.59 Å². The van der Waals surface area contributed by atoms with Gasteiger partial charge in [-0.25, -0.2) is 15.2 Å². The maximum absolute atomic E-state index is 13.7. The quantitative estimate of drug-likeness (QED) is 0.717. The van der Waals surface area contributed by atoms with Crippen molar-refractivity contribution in [2.75, 3.05) is 5.84 Å². The number of fused-ring (bicyclic) bond motifs is 2. The second-order valence-corrected chi connectivity index (χ2v) is 10.1. The fraction of sp³-hybridized carbons (Fsp3) is 0.500. The van der Waals surface area contributed by atoms with Gasteiger partial charge < -0.3 is 15.5 Å². The molecule has 170 valence electrons. The minimum Gasteiger partial charge on any atom is -0.442 e. The van der Waals surface area contributed by atoms with Crippen LogP contribution in [-0.2, 0) is 4.74 Å². The van der Waals surface area contributed by atoms with Gasteiger partial charge in [-0.3, -0.25) is 9.47 Å². The molecule has 0 radical (unpaired) electrons. The summed E-state index contributed by atoms with van der Waals surface area (Å²) >= 11 is 0. The van der Waals surface area contributed by atoms with Crippen molar-refractivity contribution in [1.29, 1.82) is 0 Å². The highest BCUT2D eigenvalue weighted by Gasteiger charge is 2.42. The number of nitrogen functional groups attached to an aromatic ring is 1. The van der Waals surface area contributed by atoms with Gasteiger partial charge in [-0.1, -0.05) is 6.07 Å². The van der Waals surface area contributed by atoms with Gasteiger partial charge >= 0.3 is 6.09 Å². The number of aromatic nitrogens is 1. The third-order valence-corrected chi connectivity index (χ3v) is 6.45. The van der Waals surface area contributed by atoms with Gasteiger partial charge in [0.15, 0.2) is 0 Å². The van der Waals surface area contributed by atoms with Crippen LogP contribution >= 0.6 is 0 Å². The summed E-state index contributed by atoms with van der Waals surface area (Å²) in [4.78, 5) is 28.3. The third-order valence-electron chi connectivity index (χ3n) is 6.45. The predicted octanol–water partition coefficient (Wildman–Crippen LogP) is 3.52. The predicted molar refractivity (Wildman–Crippen MR) is 122 cm³/mol. The highest BCUT2D eigenvalue weighted by atomic mass is 16.6. The first kappa shape index (κ1) is 20.9. The number of nitrogens with zero attached hydrogens (tertiary/aromatic N) is 3. The highest BCUT2D eigenvalue weighted by molar-refractivity contribution is 6.07. The molecule has 2 fully saturated rings. The Bertz CT molecular complexity index is 1090. The summed E-state index contributed by atoms with van der Waals surface area (Å²) in [6.07, 6.45) is 7.85. The van der Waals surface area contributed by atoms with Crippen molar-refractivity contribution in [1.82, 2.24) is 20.0 Å². The average molecular weight is 438 g/mol. The lowest BCUT2D eigenvalue weighted by atomic mass is 9.86. The number of nitrogens with two attached hydrogens (primary N) is 1. The molecule has 0 spiro atoms. The summed E-state index contributed by atoms with van der Waals surface area (Å²) in [5.74, 6) is 6.08.